The van der Waals surface area contributed by atoms with Crippen molar-refractivity contribution in [1.82, 2.24) is 0 Å². The standard InChI is InChI=1S/C12H13NO/c1-14-12-10(8-13)7-6-9-4-2-3-5-11(9)12/h2-7H,8,13H2,1H3. The van der Waals surface area contributed by atoms with Gasteiger partial charge in [0.2, 0.25) is 0 Å². The second kappa shape index (κ2) is 3.68. The van der Waals surface area contributed by atoms with E-state index in [9.17, 15) is 0 Å². The summed E-state index contributed by atoms with van der Waals surface area (Å²) in [6, 6.07) is 12.2. The molecule has 14 heavy (non-hydrogen) atoms. The van der Waals surface area contributed by atoms with Gasteiger partial charge in [-0.2, -0.15) is 0 Å². The van der Waals surface area contributed by atoms with Gasteiger partial charge in [0, 0.05) is 17.5 Å². The summed E-state index contributed by atoms with van der Waals surface area (Å²) >= 11 is 0. The molecule has 0 spiro atoms. The van der Waals surface area contributed by atoms with Crippen LogP contribution >= 0.6 is 0 Å². The lowest BCUT2D eigenvalue weighted by molar-refractivity contribution is 0.415. The Morgan fingerprint density at radius 3 is 2.64 bits per heavy atom. The molecular formula is C12H13NO. The van der Waals surface area contributed by atoms with Crippen molar-refractivity contribution in [3.05, 3.63) is 42.0 Å². The summed E-state index contributed by atoms with van der Waals surface area (Å²) in [6.45, 7) is 0.508. The molecule has 72 valence electrons. The fourth-order valence-electron chi connectivity index (χ4n) is 1.69. The average molecular weight is 187 g/mol. The predicted octanol–water partition coefficient (Wildman–Crippen LogP) is 2.31. The van der Waals surface area contributed by atoms with Crippen molar-refractivity contribution in [3.8, 4) is 5.75 Å². The van der Waals surface area contributed by atoms with E-state index in [1.165, 1.54) is 5.39 Å². The maximum absolute atomic E-state index is 5.64. The minimum Gasteiger partial charge on any atom is -0.496 e. The van der Waals surface area contributed by atoms with E-state index in [1.807, 2.05) is 24.3 Å². The number of rotatable bonds is 2. The Hall–Kier alpha value is -1.54. The van der Waals surface area contributed by atoms with Gasteiger partial charge in [0.1, 0.15) is 5.75 Å². The lowest BCUT2D eigenvalue weighted by Gasteiger charge is -2.09. The van der Waals surface area contributed by atoms with Crippen LogP contribution in [-0.2, 0) is 6.54 Å². The van der Waals surface area contributed by atoms with Crippen LogP contribution in [0.5, 0.6) is 5.75 Å². The van der Waals surface area contributed by atoms with E-state index < -0.39 is 0 Å². The molecule has 2 rings (SSSR count). The van der Waals surface area contributed by atoms with Crippen molar-refractivity contribution >= 4 is 10.8 Å². The first-order chi connectivity index (χ1) is 6.86. The van der Waals surface area contributed by atoms with Gasteiger partial charge in [-0.1, -0.05) is 36.4 Å². The van der Waals surface area contributed by atoms with Gasteiger partial charge in [0.25, 0.3) is 0 Å². The Labute approximate surface area is 83.3 Å². The molecule has 2 nitrogen and oxygen atoms in total. The van der Waals surface area contributed by atoms with Gasteiger partial charge >= 0.3 is 0 Å². The third-order valence-corrected chi connectivity index (χ3v) is 2.39. The largest absolute Gasteiger partial charge is 0.496 e. The number of hydrogen-bond donors (Lipinski definition) is 1. The van der Waals surface area contributed by atoms with Crippen LogP contribution in [0.2, 0.25) is 0 Å². The van der Waals surface area contributed by atoms with Crippen molar-refractivity contribution in [2.45, 2.75) is 6.54 Å². The van der Waals surface area contributed by atoms with Crippen LogP contribution in [0.4, 0.5) is 0 Å². The predicted molar refractivity (Wildman–Crippen MR) is 58.4 cm³/mol. The first-order valence-corrected chi connectivity index (χ1v) is 4.61. The number of hydrogen-bond acceptors (Lipinski definition) is 2. The van der Waals surface area contributed by atoms with Gasteiger partial charge in [-0.3, -0.25) is 0 Å². The van der Waals surface area contributed by atoms with Crippen molar-refractivity contribution in [3.63, 3.8) is 0 Å². The topological polar surface area (TPSA) is 35.2 Å². The summed E-state index contributed by atoms with van der Waals surface area (Å²) in [6.07, 6.45) is 0. The number of nitrogens with two attached hydrogens (primary N) is 1. The maximum atomic E-state index is 5.64. The maximum Gasteiger partial charge on any atom is 0.131 e. The van der Waals surface area contributed by atoms with Crippen LogP contribution in [0.25, 0.3) is 10.8 Å². The second-order valence-corrected chi connectivity index (χ2v) is 3.18. The van der Waals surface area contributed by atoms with Crippen molar-refractivity contribution < 1.29 is 4.74 Å². The summed E-state index contributed by atoms with van der Waals surface area (Å²) in [5, 5.41) is 2.31. The first-order valence-electron chi connectivity index (χ1n) is 4.61. The molecule has 0 saturated heterocycles. The zero-order chi connectivity index (χ0) is 9.97. The molecule has 0 unspecified atom stereocenters. The van der Waals surface area contributed by atoms with Crippen LogP contribution in [0.1, 0.15) is 5.56 Å². The summed E-state index contributed by atoms with van der Waals surface area (Å²) in [4.78, 5) is 0. The Bertz CT molecular complexity index is 451. The molecule has 0 amide bonds. The van der Waals surface area contributed by atoms with Crippen molar-refractivity contribution in [1.29, 1.82) is 0 Å². The molecule has 0 aromatic heterocycles. The fraction of sp³-hybridized carbons (Fsp3) is 0.167. The molecule has 2 N–H and O–H groups in total. The number of methoxy groups -OCH3 is 1. The van der Waals surface area contributed by atoms with Crippen molar-refractivity contribution in [2.24, 2.45) is 5.73 Å². The van der Waals surface area contributed by atoms with Crippen LogP contribution in [-0.4, -0.2) is 7.11 Å². The van der Waals surface area contributed by atoms with E-state index in [0.29, 0.717) is 6.54 Å². The van der Waals surface area contributed by atoms with Gasteiger partial charge in [-0.15, -0.1) is 0 Å². The quantitative estimate of drug-likeness (QED) is 0.783. The van der Waals surface area contributed by atoms with Crippen LogP contribution in [0.15, 0.2) is 36.4 Å². The molecule has 2 aromatic carbocycles. The molecule has 0 atom stereocenters. The molecule has 0 heterocycles. The Morgan fingerprint density at radius 2 is 1.93 bits per heavy atom. The molecule has 2 heteroatoms. The molecule has 0 bridgehead atoms. The third kappa shape index (κ3) is 1.34. The van der Waals surface area contributed by atoms with Crippen LogP contribution in [0.3, 0.4) is 0 Å². The van der Waals surface area contributed by atoms with E-state index in [0.717, 1.165) is 16.7 Å². The van der Waals surface area contributed by atoms with E-state index in [1.54, 1.807) is 7.11 Å². The highest BCUT2D eigenvalue weighted by Crippen LogP contribution is 2.28. The van der Waals surface area contributed by atoms with Gasteiger partial charge in [0.05, 0.1) is 7.11 Å². The Kier molecular flexibility index (Phi) is 2.37. The van der Waals surface area contributed by atoms with Gasteiger partial charge in [0.15, 0.2) is 0 Å². The molecular weight excluding hydrogens is 174 g/mol. The Morgan fingerprint density at radius 1 is 1.14 bits per heavy atom. The molecule has 0 aliphatic rings. The van der Waals surface area contributed by atoms with Crippen molar-refractivity contribution in [2.75, 3.05) is 7.11 Å². The summed E-state index contributed by atoms with van der Waals surface area (Å²) in [7, 11) is 1.68. The molecule has 2 aromatic rings. The van der Waals surface area contributed by atoms with Gasteiger partial charge in [-0.05, 0) is 5.39 Å². The molecule has 0 aliphatic heterocycles. The smallest absolute Gasteiger partial charge is 0.131 e. The SMILES string of the molecule is COc1c(CN)ccc2ccccc12. The number of fused-ring (bicyclic) bond motifs is 1. The fourth-order valence-corrected chi connectivity index (χ4v) is 1.69. The minimum absolute atomic E-state index is 0.508. The molecule has 0 aliphatic carbocycles. The minimum atomic E-state index is 0.508. The summed E-state index contributed by atoms with van der Waals surface area (Å²) in [5.41, 5.74) is 6.68. The molecule has 0 radical (unpaired) electrons. The zero-order valence-corrected chi connectivity index (χ0v) is 8.16. The van der Waals surface area contributed by atoms with E-state index in [4.69, 9.17) is 10.5 Å². The number of benzene rings is 2. The van der Waals surface area contributed by atoms with E-state index in [-0.39, 0.29) is 0 Å². The number of ether oxygens (including phenoxy) is 1. The Balaban J connectivity index is 2.77. The van der Waals surface area contributed by atoms with E-state index >= 15 is 0 Å². The molecule has 0 saturated carbocycles. The summed E-state index contributed by atoms with van der Waals surface area (Å²) < 4.78 is 5.37. The van der Waals surface area contributed by atoms with Gasteiger partial charge < -0.3 is 10.5 Å². The monoisotopic (exact) mass is 187 g/mol. The lowest BCUT2D eigenvalue weighted by atomic mass is 10.1. The highest BCUT2D eigenvalue weighted by Gasteiger charge is 2.05. The second-order valence-electron chi connectivity index (χ2n) is 3.18. The molecule has 0 fully saturated rings. The van der Waals surface area contributed by atoms with Crippen LogP contribution in [0, 0.1) is 0 Å². The normalized spacial score (nSPS) is 10.4. The zero-order valence-electron chi connectivity index (χ0n) is 8.16. The highest BCUT2D eigenvalue weighted by molar-refractivity contribution is 5.89. The van der Waals surface area contributed by atoms with Crippen LogP contribution < -0.4 is 10.5 Å². The highest BCUT2D eigenvalue weighted by atomic mass is 16.5. The summed E-state index contributed by atoms with van der Waals surface area (Å²) in [5.74, 6) is 0.894. The van der Waals surface area contributed by atoms with Gasteiger partial charge in [-0.25, -0.2) is 0 Å². The average Bonchev–Trinajstić information content (AvgIpc) is 2.27. The van der Waals surface area contributed by atoms with E-state index in [2.05, 4.69) is 12.1 Å². The first kappa shape index (κ1) is 9.03. The third-order valence-electron chi connectivity index (χ3n) is 2.39. The lowest BCUT2D eigenvalue weighted by Crippen LogP contribution is -2.00.